The predicted molar refractivity (Wildman–Crippen MR) is 100 cm³/mol. The summed E-state index contributed by atoms with van der Waals surface area (Å²) in [5, 5.41) is 10.8. The molecule has 0 atom stereocenters. The standard InChI is InChI=1S/C18H13F7INO2/c1-2-3-10-8-13(16(19,17(20,21)22)18(23,24)25)15(14(26)9-10)11-4-6-12(7-5-11)27(28)29/h4-9H,2-3H2,1H3. The molecule has 0 fully saturated rings. The van der Waals surface area contributed by atoms with Gasteiger partial charge in [0.1, 0.15) is 0 Å². The van der Waals surface area contributed by atoms with Gasteiger partial charge in [0, 0.05) is 26.8 Å². The minimum absolute atomic E-state index is 0.0343. The zero-order valence-corrected chi connectivity index (χ0v) is 16.8. The fraction of sp³-hybridized carbons (Fsp3) is 0.333. The minimum Gasteiger partial charge on any atom is -0.258 e. The van der Waals surface area contributed by atoms with Crippen LogP contribution in [0.3, 0.4) is 0 Å². The summed E-state index contributed by atoms with van der Waals surface area (Å²) in [6.07, 6.45) is -12.0. The molecule has 2 aromatic carbocycles. The molecule has 0 saturated heterocycles. The van der Waals surface area contributed by atoms with E-state index < -0.39 is 39.8 Å². The van der Waals surface area contributed by atoms with Crippen LogP contribution in [0, 0.1) is 13.7 Å². The van der Waals surface area contributed by atoms with Gasteiger partial charge in [0.25, 0.3) is 5.69 Å². The summed E-state index contributed by atoms with van der Waals surface area (Å²) in [6, 6.07) is 5.78. The predicted octanol–water partition coefficient (Wildman–Crippen LogP) is 7.11. The lowest BCUT2D eigenvalue weighted by molar-refractivity contribution is -0.384. The van der Waals surface area contributed by atoms with E-state index in [1.54, 1.807) is 6.92 Å². The van der Waals surface area contributed by atoms with Crippen LogP contribution in [0.4, 0.5) is 36.4 Å². The Hall–Kier alpha value is -1.92. The maximum Gasteiger partial charge on any atom is 0.435 e. The van der Waals surface area contributed by atoms with Crippen molar-refractivity contribution in [1.82, 2.24) is 0 Å². The van der Waals surface area contributed by atoms with Crippen molar-refractivity contribution >= 4 is 28.3 Å². The number of halogens is 8. The van der Waals surface area contributed by atoms with Crippen LogP contribution in [0.2, 0.25) is 0 Å². The first-order valence-electron chi connectivity index (χ1n) is 8.14. The van der Waals surface area contributed by atoms with Crippen molar-refractivity contribution < 1.29 is 35.7 Å². The molecule has 0 radical (unpaired) electrons. The number of rotatable bonds is 5. The van der Waals surface area contributed by atoms with E-state index in [1.807, 2.05) is 0 Å². The van der Waals surface area contributed by atoms with E-state index >= 15 is 0 Å². The fourth-order valence-electron chi connectivity index (χ4n) is 2.88. The van der Waals surface area contributed by atoms with Gasteiger partial charge in [0.05, 0.1) is 4.92 Å². The number of alkyl halides is 7. The quantitative estimate of drug-likeness (QED) is 0.177. The van der Waals surface area contributed by atoms with Gasteiger partial charge >= 0.3 is 18.0 Å². The smallest absolute Gasteiger partial charge is 0.258 e. The van der Waals surface area contributed by atoms with Crippen molar-refractivity contribution in [2.75, 3.05) is 0 Å². The molecule has 29 heavy (non-hydrogen) atoms. The Labute approximate surface area is 174 Å². The van der Waals surface area contributed by atoms with Crippen LogP contribution in [0.25, 0.3) is 11.1 Å². The van der Waals surface area contributed by atoms with Crippen molar-refractivity contribution in [1.29, 1.82) is 0 Å². The first-order chi connectivity index (χ1) is 13.2. The molecule has 0 saturated carbocycles. The van der Waals surface area contributed by atoms with Gasteiger partial charge in [-0.3, -0.25) is 10.1 Å². The topological polar surface area (TPSA) is 43.1 Å². The van der Waals surface area contributed by atoms with Gasteiger partial charge < -0.3 is 0 Å². The molecule has 0 N–H and O–H groups in total. The molecule has 0 aromatic heterocycles. The fourth-order valence-corrected chi connectivity index (χ4v) is 3.88. The number of nitrogens with zero attached hydrogens (tertiary/aromatic N) is 1. The zero-order chi connectivity index (χ0) is 22.2. The average Bonchev–Trinajstić information content (AvgIpc) is 2.59. The number of nitro benzene ring substituents is 1. The summed E-state index contributed by atoms with van der Waals surface area (Å²) in [5.74, 6) is 0. The molecule has 0 aliphatic carbocycles. The molecular weight excluding hydrogens is 522 g/mol. The highest BCUT2D eigenvalue weighted by atomic mass is 127. The molecule has 0 aliphatic heterocycles. The molecule has 11 heteroatoms. The van der Waals surface area contributed by atoms with Gasteiger partial charge in [0.2, 0.25) is 0 Å². The second-order valence-electron chi connectivity index (χ2n) is 6.21. The van der Waals surface area contributed by atoms with Crippen LogP contribution < -0.4 is 0 Å². The van der Waals surface area contributed by atoms with Crippen LogP contribution in [0.15, 0.2) is 36.4 Å². The van der Waals surface area contributed by atoms with Crippen molar-refractivity contribution in [3.05, 3.63) is 61.2 Å². The van der Waals surface area contributed by atoms with Crippen LogP contribution in [-0.2, 0) is 12.1 Å². The monoisotopic (exact) mass is 535 g/mol. The number of nitro groups is 1. The number of benzene rings is 2. The Kier molecular flexibility index (Phi) is 6.50. The van der Waals surface area contributed by atoms with Gasteiger partial charge in [-0.05, 0) is 58.3 Å². The Morgan fingerprint density at radius 3 is 1.90 bits per heavy atom. The molecule has 0 aliphatic rings. The maximum absolute atomic E-state index is 14.9. The van der Waals surface area contributed by atoms with Crippen LogP contribution in [0.5, 0.6) is 0 Å². The van der Waals surface area contributed by atoms with Crippen molar-refractivity contribution in [2.24, 2.45) is 0 Å². The highest BCUT2D eigenvalue weighted by Gasteiger charge is 2.74. The molecular formula is C18H13F7INO2. The average molecular weight is 535 g/mol. The largest absolute Gasteiger partial charge is 0.435 e. The van der Waals surface area contributed by atoms with Crippen molar-refractivity contribution in [3.8, 4) is 11.1 Å². The number of hydrogen-bond donors (Lipinski definition) is 0. The molecule has 0 spiro atoms. The van der Waals surface area contributed by atoms with E-state index in [0.29, 0.717) is 12.5 Å². The zero-order valence-electron chi connectivity index (χ0n) is 14.7. The molecule has 158 valence electrons. The van der Waals surface area contributed by atoms with Crippen LogP contribution >= 0.6 is 22.6 Å². The first-order valence-corrected chi connectivity index (χ1v) is 9.22. The summed E-state index contributed by atoms with van der Waals surface area (Å²) >= 11 is 1.54. The lowest BCUT2D eigenvalue weighted by Gasteiger charge is -2.32. The Morgan fingerprint density at radius 1 is 0.966 bits per heavy atom. The number of non-ortho nitro benzene ring substituents is 1. The molecule has 0 heterocycles. The molecule has 0 amide bonds. The first kappa shape index (κ1) is 23.4. The summed E-state index contributed by atoms with van der Waals surface area (Å²) in [4.78, 5) is 9.99. The van der Waals surface area contributed by atoms with E-state index in [4.69, 9.17) is 0 Å². The Balaban J connectivity index is 2.89. The van der Waals surface area contributed by atoms with Gasteiger partial charge in [-0.1, -0.05) is 19.4 Å². The Bertz CT molecular complexity index is 894. The summed E-state index contributed by atoms with van der Waals surface area (Å²) < 4.78 is 95.4. The van der Waals surface area contributed by atoms with Gasteiger partial charge in [0.15, 0.2) is 0 Å². The van der Waals surface area contributed by atoms with E-state index in [1.165, 1.54) is 28.7 Å². The molecule has 3 nitrogen and oxygen atoms in total. The van der Waals surface area contributed by atoms with Crippen LogP contribution in [-0.4, -0.2) is 17.3 Å². The number of hydrogen-bond acceptors (Lipinski definition) is 2. The van der Waals surface area contributed by atoms with E-state index in [9.17, 15) is 40.8 Å². The normalized spacial score (nSPS) is 12.9. The van der Waals surface area contributed by atoms with E-state index in [0.717, 1.165) is 24.3 Å². The van der Waals surface area contributed by atoms with Crippen LogP contribution in [0.1, 0.15) is 24.5 Å². The van der Waals surface area contributed by atoms with Gasteiger partial charge in [-0.25, -0.2) is 4.39 Å². The summed E-state index contributed by atoms with van der Waals surface area (Å²) in [7, 11) is 0. The molecule has 0 bridgehead atoms. The summed E-state index contributed by atoms with van der Waals surface area (Å²) in [6.45, 7) is 1.67. The highest BCUT2D eigenvalue weighted by Crippen LogP contribution is 2.56. The molecule has 2 rings (SSSR count). The third-order valence-corrected chi connectivity index (χ3v) is 5.06. The van der Waals surface area contributed by atoms with Crippen molar-refractivity contribution in [3.63, 3.8) is 0 Å². The maximum atomic E-state index is 14.9. The third kappa shape index (κ3) is 4.33. The second kappa shape index (κ2) is 8.07. The number of aryl methyl sites for hydroxylation is 1. The molecule has 2 aromatic rings. The van der Waals surface area contributed by atoms with Gasteiger partial charge in [-0.2, -0.15) is 26.3 Å². The SMILES string of the molecule is CCCc1cc(I)c(-c2ccc([N+](=O)[O-])cc2)c(C(F)(C(F)(F)F)C(F)(F)F)c1. The van der Waals surface area contributed by atoms with E-state index in [-0.39, 0.29) is 21.1 Å². The Morgan fingerprint density at radius 2 is 1.48 bits per heavy atom. The lowest BCUT2D eigenvalue weighted by Crippen LogP contribution is -2.50. The molecule has 0 unspecified atom stereocenters. The highest BCUT2D eigenvalue weighted by molar-refractivity contribution is 14.1. The summed E-state index contributed by atoms with van der Waals surface area (Å²) in [5.41, 5.74) is -8.30. The van der Waals surface area contributed by atoms with Gasteiger partial charge in [-0.15, -0.1) is 0 Å². The minimum atomic E-state index is -6.27. The van der Waals surface area contributed by atoms with Crippen molar-refractivity contribution in [2.45, 2.75) is 37.8 Å². The second-order valence-corrected chi connectivity index (χ2v) is 7.37. The van der Waals surface area contributed by atoms with E-state index in [2.05, 4.69) is 0 Å². The lowest BCUT2D eigenvalue weighted by atomic mass is 9.85. The third-order valence-electron chi connectivity index (χ3n) is 4.21.